The quantitative estimate of drug-likeness (QED) is 0.500. The number of nitro groups is 1. The summed E-state index contributed by atoms with van der Waals surface area (Å²) >= 11 is 0. The lowest BCUT2D eigenvalue weighted by Crippen LogP contribution is -2.19. The lowest BCUT2D eigenvalue weighted by molar-refractivity contribution is -0.384. The zero-order valence-electron chi connectivity index (χ0n) is 13.3. The standard InChI is InChI=1S/C17H17N3O4/c1-11-3-4-13(7-12(11)2)8-17(22)19-18-10-14-9-15(20(23)24)5-6-16(14)21/h3-7,9-10,21H,8H2,1-2H3,(H,19,22)/b18-10-. The lowest BCUT2D eigenvalue weighted by Gasteiger charge is -2.04. The first kappa shape index (κ1) is 17.1. The fourth-order valence-corrected chi connectivity index (χ4v) is 2.07. The molecule has 0 aliphatic heterocycles. The molecule has 0 heterocycles. The maximum Gasteiger partial charge on any atom is 0.270 e. The number of hydrogen-bond acceptors (Lipinski definition) is 5. The van der Waals surface area contributed by atoms with Crippen LogP contribution in [0.3, 0.4) is 0 Å². The van der Waals surface area contributed by atoms with Crippen LogP contribution in [0.25, 0.3) is 0 Å². The van der Waals surface area contributed by atoms with Crippen molar-refractivity contribution >= 4 is 17.8 Å². The summed E-state index contributed by atoms with van der Waals surface area (Å²) in [5, 5.41) is 24.1. The minimum Gasteiger partial charge on any atom is -0.507 e. The van der Waals surface area contributed by atoms with Gasteiger partial charge >= 0.3 is 0 Å². The van der Waals surface area contributed by atoms with E-state index in [-0.39, 0.29) is 29.3 Å². The second-order valence-electron chi connectivity index (χ2n) is 5.39. The van der Waals surface area contributed by atoms with Crippen LogP contribution in [0, 0.1) is 24.0 Å². The van der Waals surface area contributed by atoms with Gasteiger partial charge < -0.3 is 5.11 Å². The largest absolute Gasteiger partial charge is 0.507 e. The molecule has 2 aromatic rings. The van der Waals surface area contributed by atoms with Crippen LogP contribution in [0.5, 0.6) is 5.75 Å². The summed E-state index contributed by atoms with van der Waals surface area (Å²) in [5.74, 6) is -0.479. The molecule has 0 unspecified atom stereocenters. The van der Waals surface area contributed by atoms with Gasteiger partial charge in [0.05, 0.1) is 17.6 Å². The Morgan fingerprint density at radius 2 is 2.00 bits per heavy atom. The number of nitro benzene ring substituents is 1. The van der Waals surface area contributed by atoms with E-state index in [4.69, 9.17) is 0 Å². The summed E-state index contributed by atoms with van der Waals surface area (Å²) in [7, 11) is 0. The van der Waals surface area contributed by atoms with Crippen molar-refractivity contribution < 1.29 is 14.8 Å². The second-order valence-corrected chi connectivity index (χ2v) is 5.39. The van der Waals surface area contributed by atoms with E-state index in [1.54, 1.807) is 0 Å². The SMILES string of the molecule is Cc1ccc(CC(=O)N/N=C\c2cc([N+](=O)[O-])ccc2O)cc1C. The number of nitrogens with zero attached hydrogens (tertiary/aromatic N) is 2. The number of carbonyl (C=O) groups excluding carboxylic acids is 1. The summed E-state index contributed by atoms with van der Waals surface area (Å²) < 4.78 is 0. The fourth-order valence-electron chi connectivity index (χ4n) is 2.07. The summed E-state index contributed by atoms with van der Waals surface area (Å²) in [6.07, 6.45) is 1.33. The molecule has 124 valence electrons. The third-order valence-electron chi connectivity index (χ3n) is 3.55. The molecule has 2 N–H and O–H groups in total. The van der Waals surface area contributed by atoms with Gasteiger partial charge in [-0.2, -0.15) is 5.10 Å². The van der Waals surface area contributed by atoms with Gasteiger partial charge in [-0.3, -0.25) is 14.9 Å². The minimum atomic E-state index is -0.574. The zero-order chi connectivity index (χ0) is 17.7. The van der Waals surface area contributed by atoms with Gasteiger partial charge in [0, 0.05) is 17.7 Å². The Morgan fingerprint density at radius 1 is 1.25 bits per heavy atom. The Labute approximate surface area is 138 Å². The van der Waals surface area contributed by atoms with Gasteiger partial charge in [0.1, 0.15) is 5.75 Å². The highest BCUT2D eigenvalue weighted by molar-refractivity contribution is 5.86. The third-order valence-corrected chi connectivity index (χ3v) is 3.55. The summed E-state index contributed by atoms with van der Waals surface area (Å²) in [4.78, 5) is 22.0. The first-order chi connectivity index (χ1) is 11.4. The Hall–Kier alpha value is -3.22. The van der Waals surface area contributed by atoms with E-state index in [9.17, 15) is 20.0 Å². The predicted octanol–water partition coefficient (Wildman–Crippen LogP) is 2.61. The van der Waals surface area contributed by atoms with E-state index in [1.165, 1.54) is 24.4 Å². The van der Waals surface area contributed by atoms with Gasteiger partial charge in [0.2, 0.25) is 5.91 Å². The van der Waals surface area contributed by atoms with Crippen LogP contribution in [0.15, 0.2) is 41.5 Å². The number of non-ortho nitro benzene ring substituents is 1. The van der Waals surface area contributed by atoms with Crippen molar-refractivity contribution in [3.05, 3.63) is 68.8 Å². The number of nitrogens with one attached hydrogen (secondary N) is 1. The van der Waals surface area contributed by atoms with Crippen molar-refractivity contribution in [3.63, 3.8) is 0 Å². The highest BCUT2D eigenvalue weighted by Crippen LogP contribution is 2.21. The summed E-state index contributed by atoms with van der Waals surface area (Å²) in [6, 6.07) is 9.32. The Morgan fingerprint density at radius 3 is 2.67 bits per heavy atom. The molecule has 1 amide bonds. The zero-order valence-corrected chi connectivity index (χ0v) is 13.3. The molecule has 7 heteroatoms. The van der Waals surface area contributed by atoms with Crippen LogP contribution in [0.2, 0.25) is 0 Å². The molecule has 24 heavy (non-hydrogen) atoms. The number of carbonyl (C=O) groups is 1. The van der Waals surface area contributed by atoms with Gasteiger partial charge in [-0.15, -0.1) is 0 Å². The monoisotopic (exact) mass is 327 g/mol. The van der Waals surface area contributed by atoms with E-state index >= 15 is 0 Å². The molecule has 0 spiro atoms. The fraction of sp³-hybridized carbons (Fsp3) is 0.176. The number of phenols is 1. The molecular formula is C17H17N3O4. The molecule has 0 atom stereocenters. The van der Waals surface area contributed by atoms with Gasteiger partial charge in [0.15, 0.2) is 0 Å². The molecule has 2 aromatic carbocycles. The first-order valence-corrected chi connectivity index (χ1v) is 7.22. The molecule has 0 fully saturated rings. The second kappa shape index (κ2) is 7.36. The Bertz CT molecular complexity index is 815. The van der Waals surface area contributed by atoms with Crippen molar-refractivity contribution in [3.8, 4) is 5.75 Å². The average Bonchev–Trinajstić information content (AvgIpc) is 2.52. The van der Waals surface area contributed by atoms with E-state index in [1.807, 2.05) is 32.0 Å². The van der Waals surface area contributed by atoms with E-state index < -0.39 is 4.92 Å². The number of hydrazone groups is 1. The molecule has 0 aliphatic rings. The van der Waals surface area contributed by atoms with Crippen LogP contribution in [0.1, 0.15) is 22.3 Å². The Kier molecular flexibility index (Phi) is 5.26. The smallest absolute Gasteiger partial charge is 0.270 e. The third kappa shape index (κ3) is 4.39. The molecule has 0 aromatic heterocycles. The van der Waals surface area contributed by atoms with Gasteiger partial charge in [0.25, 0.3) is 5.69 Å². The van der Waals surface area contributed by atoms with Crippen molar-refractivity contribution in [2.45, 2.75) is 20.3 Å². The Balaban J connectivity index is 2.00. The predicted molar refractivity (Wildman–Crippen MR) is 90.1 cm³/mol. The number of benzene rings is 2. The van der Waals surface area contributed by atoms with Crippen LogP contribution < -0.4 is 5.43 Å². The number of phenolic OH excluding ortho intramolecular Hbond substituents is 1. The maximum atomic E-state index is 11.9. The van der Waals surface area contributed by atoms with Crippen molar-refractivity contribution in [2.24, 2.45) is 5.10 Å². The first-order valence-electron chi connectivity index (χ1n) is 7.22. The molecule has 0 saturated heterocycles. The topological polar surface area (TPSA) is 105 Å². The molecule has 0 saturated carbocycles. The van der Waals surface area contributed by atoms with Gasteiger partial charge in [-0.1, -0.05) is 18.2 Å². The van der Waals surface area contributed by atoms with Crippen molar-refractivity contribution in [2.75, 3.05) is 0 Å². The van der Waals surface area contributed by atoms with Crippen LogP contribution in [-0.4, -0.2) is 22.2 Å². The summed E-state index contributed by atoms with van der Waals surface area (Å²) in [6.45, 7) is 3.97. The van der Waals surface area contributed by atoms with Gasteiger partial charge in [-0.25, -0.2) is 5.43 Å². The highest BCUT2D eigenvalue weighted by atomic mass is 16.6. The molecule has 7 nitrogen and oxygen atoms in total. The molecule has 0 aliphatic carbocycles. The van der Waals surface area contributed by atoms with Crippen molar-refractivity contribution in [1.29, 1.82) is 0 Å². The number of amides is 1. The number of hydrogen-bond donors (Lipinski definition) is 2. The van der Waals surface area contributed by atoms with Crippen molar-refractivity contribution in [1.82, 2.24) is 5.43 Å². The van der Waals surface area contributed by atoms with Crippen LogP contribution in [0.4, 0.5) is 5.69 Å². The molecule has 0 bridgehead atoms. The number of aryl methyl sites for hydroxylation is 2. The van der Waals surface area contributed by atoms with E-state index in [0.717, 1.165) is 16.7 Å². The van der Waals surface area contributed by atoms with Crippen LogP contribution in [-0.2, 0) is 11.2 Å². The number of aromatic hydroxyl groups is 1. The van der Waals surface area contributed by atoms with E-state index in [2.05, 4.69) is 10.5 Å². The summed E-state index contributed by atoms with van der Waals surface area (Å²) in [5.41, 5.74) is 5.44. The average molecular weight is 327 g/mol. The maximum absolute atomic E-state index is 11.9. The molecule has 2 rings (SSSR count). The lowest BCUT2D eigenvalue weighted by atomic mass is 10.0. The van der Waals surface area contributed by atoms with Crippen LogP contribution >= 0.6 is 0 Å². The normalized spacial score (nSPS) is 10.8. The van der Waals surface area contributed by atoms with E-state index in [0.29, 0.717) is 0 Å². The molecule has 0 radical (unpaired) electrons. The van der Waals surface area contributed by atoms with Gasteiger partial charge in [-0.05, 0) is 36.6 Å². The highest BCUT2D eigenvalue weighted by Gasteiger charge is 2.09. The molecular weight excluding hydrogens is 310 g/mol. The number of rotatable bonds is 5. The minimum absolute atomic E-state index is 0.149.